The van der Waals surface area contributed by atoms with Crippen LogP contribution in [-0.2, 0) is 6.42 Å². The van der Waals surface area contributed by atoms with Crippen LogP contribution in [0.25, 0.3) is 0 Å². The average molecular weight is 345 g/mol. The molecule has 0 saturated carbocycles. The summed E-state index contributed by atoms with van der Waals surface area (Å²) in [6.45, 7) is 0.716. The van der Waals surface area contributed by atoms with Crippen LogP contribution in [0, 0.1) is 11.3 Å². The summed E-state index contributed by atoms with van der Waals surface area (Å²) in [7, 11) is 1.66. The van der Waals surface area contributed by atoms with Gasteiger partial charge in [0.2, 0.25) is 5.95 Å². The van der Waals surface area contributed by atoms with Crippen molar-refractivity contribution >= 4 is 17.5 Å². The van der Waals surface area contributed by atoms with Gasteiger partial charge in [0.15, 0.2) is 0 Å². The zero-order valence-electron chi connectivity index (χ0n) is 14.4. The van der Waals surface area contributed by atoms with Crippen LogP contribution < -0.4 is 15.4 Å². The maximum atomic E-state index is 8.84. The van der Waals surface area contributed by atoms with E-state index in [1.165, 1.54) is 5.56 Å². The van der Waals surface area contributed by atoms with Crippen LogP contribution in [0.3, 0.4) is 0 Å². The summed E-state index contributed by atoms with van der Waals surface area (Å²) < 4.78 is 5.24. The molecule has 130 valence electrons. The molecule has 3 aromatic rings. The van der Waals surface area contributed by atoms with Gasteiger partial charge in [-0.2, -0.15) is 10.2 Å². The molecule has 2 aromatic carbocycles. The summed E-state index contributed by atoms with van der Waals surface area (Å²) in [4.78, 5) is 8.70. The topological polar surface area (TPSA) is 82.9 Å². The summed E-state index contributed by atoms with van der Waals surface area (Å²) in [5.74, 6) is 2.10. The molecule has 0 radical (unpaired) electrons. The Bertz CT molecular complexity index is 903. The van der Waals surface area contributed by atoms with Crippen LogP contribution in [0.1, 0.15) is 11.1 Å². The lowest BCUT2D eigenvalue weighted by molar-refractivity contribution is 0.414. The first-order chi connectivity index (χ1) is 12.8. The summed E-state index contributed by atoms with van der Waals surface area (Å²) >= 11 is 0. The number of ether oxygens (including phenoxy) is 1. The Balaban J connectivity index is 1.57. The number of anilines is 3. The SMILES string of the molecule is COc1cccc(CCNc2nccc(Nc3ccc(C#N)cc3)n2)c1. The van der Waals surface area contributed by atoms with E-state index in [1.54, 1.807) is 31.5 Å². The molecule has 0 unspecified atom stereocenters. The van der Waals surface area contributed by atoms with Crippen LogP contribution in [0.5, 0.6) is 5.75 Å². The van der Waals surface area contributed by atoms with Crippen molar-refractivity contribution in [3.8, 4) is 11.8 Å². The van der Waals surface area contributed by atoms with Crippen molar-refractivity contribution in [1.29, 1.82) is 5.26 Å². The number of nitrogens with zero attached hydrogens (tertiary/aromatic N) is 3. The number of methoxy groups -OCH3 is 1. The van der Waals surface area contributed by atoms with E-state index in [1.807, 2.05) is 30.3 Å². The van der Waals surface area contributed by atoms with E-state index in [0.717, 1.165) is 17.9 Å². The van der Waals surface area contributed by atoms with Crippen molar-refractivity contribution in [2.45, 2.75) is 6.42 Å². The minimum absolute atomic E-state index is 0.562. The standard InChI is InChI=1S/C20H19N5O/c1-26-18-4-2-3-15(13-18)9-11-22-20-23-12-10-19(25-20)24-17-7-5-16(14-21)6-8-17/h2-8,10,12-13H,9,11H2,1H3,(H2,22,23,24,25). The molecule has 1 heterocycles. The molecule has 2 N–H and O–H groups in total. The molecule has 1 aromatic heterocycles. The molecular weight excluding hydrogens is 326 g/mol. The molecule has 0 aliphatic heterocycles. The van der Waals surface area contributed by atoms with Crippen molar-refractivity contribution in [3.63, 3.8) is 0 Å². The van der Waals surface area contributed by atoms with Crippen molar-refractivity contribution in [2.24, 2.45) is 0 Å². The number of benzene rings is 2. The van der Waals surface area contributed by atoms with E-state index in [-0.39, 0.29) is 0 Å². The summed E-state index contributed by atoms with van der Waals surface area (Å²) in [5, 5.41) is 15.3. The highest BCUT2D eigenvalue weighted by molar-refractivity contribution is 5.58. The highest BCUT2D eigenvalue weighted by atomic mass is 16.5. The van der Waals surface area contributed by atoms with Gasteiger partial charge in [-0.25, -0.2) is 4.98 Å². The smallest absolute Gasteiger partial charge is 0.224 e. The van der Waals surface area contributed by atoms with Crippen molar-refractivity contribution in [3.05, 3.63) is 71.9 Å². The fourth-order valence-electron chi connectivity index (χ4n) is 2.44. The fourth-order valence-corrected chi connectivity index (χ4v) is 2.44. The number of rotatable bonds is 7. The normalized spacial score (nSPS) is 10.0. The Morgan fingerprint density at radius 3 is 2.73 bits per heavy atom. The second-order valence-corrected chi connectivity index (χ2v) is 5.61. The Hall–Kier alpha value is -3.59. The third kappa shape index (κ3) is 4.71. The van der Waals surface area contributed by atoms with Gasteiger partial charge in [0, 0.05) is 18.4 Å². The van der Waals surface area contributed by atoms with Gasteiger partial charge < -0.3 is 15.4 Å². The Kier molecular flexibility index (Phi) is 5.63. The first-order valence-corrected chi connectivity index (χ1v) is 8.24. The van der Waals surface area contributed by atoms with Crippen LogP contribution in [-0.4, -0.2) is 23.6 Å². The third-order valence-electron chi connectivity index (χ3n) is 3.77. The molecule has 0 fully saturated rings. The Morgan fingerprint density at radius 2 is 1.96 bits per heavy atom. The maximum Gasteiger partial charge on any atom is 0.224 e. The summed E-state index contributed by atoms with van der Waals surface area (Å²) in [5.41, 5.74) is 2.67. The Morgan fingerprint density at radius 1 is 1.12 bits per heavy atom. The second-order valence-electron chi connectivity index (χ2n) is 5.61. The highest BCUT2D eigenvalue weighted by Gasteiger charge is 2.01. The van der Waals surface area contributed by atoms with Crippen molar-refractivity contribution in [2.75, 3.05) is 24.3 Å². The third-order valence-corrected chi connectivity index (χ3v) is 3.77. The minimum Gasteiger partial charge on any atom is -0.497 e. The van der Waals surface area contributed by atoms with Gasteiger partial charge in [0.25, 0.3) is 0 Å². The van der Waals surface area contributed by atoms with Gasteiger partial charge in [-0.1, -0.05) is 12.1 Å². The quantitative estimate of drug-likeness (QED) is 0.678. The van der Waals surface area contributed by atoms with Crippen LogP contribution in [0.15, 0.2) is 60.8 Å². The summed E-state index contributed by atoms with van der Waals surface area (Å²) in [6.07, 6.45) is 2.54. The van der Waals surface area contributed by atoms with Gasteiger partial charge >= 0.3 is 0 Å². The zero-order valence-corrected chi connectivity index (χ0v) is 14.4. The number of hydrogen-bond acceptors (Lipinski definition) is 6. The maximum absolute atomic E-state index is 8.84. The lowest BCUT2D eigenvalue weighted by atomic mass is 10.1. The van der Waals surface area contributed by atoms with Crippen LogP contribution in [0.4, 0.5) is 17.5 Å². The van der Waals surface area contributed by atoms with Gasteiger partial charge in [-0.15, -0.1) is 0 Å². The molecule has 0 spiro atoms. The largest absolute Gasteiger partial charge is 0.497 e. The summed E-state index contributed by atoms with van der Waals surface area (Å²) in [6, 6.07) is 19.1. The molecule has 0 saturated heterocycles. The average Bonchev–Trinajstić information content (AvgIpc) is 2.69. The highest BCUT2D eigenvalue weighted by Crippen LogP contribution is 2.16. The minimum atomic E-state index is 0.562. The molecule has 0 aliphatic carbocycles. The van der Waals surface area contributed by atoms with Gasteiger partial charge in [-0.05, 0) is 54.4 Å². The lowest BCUT2D eigenvalue weighted by Crippen LogP contribution is -2.08. The number of aromatic nitrogens is 2. The number of nitrogens with one attached hydrogen (secondary N) is 2. The molecule has 0 bridgehead atoms. The zero-order chi connectivity index (χ0) is 18.2. The van der Waals surface area contributed by atoms with E-state index in [0.29, 0.717) is 23.9 Å². The van der Waals surface area contributed by atoms with E-state index < -0.39 is 0 Å². The Labute approximate surface area is 152 Å². The second kappa shape index (κ2) is 8.49. The molecule has 0 aliphatic rings. The lowest BCUT2D eigenvalue weighted by Gasteiger charge is -2.09. The van der Waals surface area contributed by atoms with E-state index >= 15 is 0 Å². The predicted molar refractivity (Wildman–Crippen MR) is 102 cm³/mol. The fraction of sp³-hybridized carbons (Fsp3) is 0.150. The van der Waals surface area contributed by atoms with Crippen molar-refractivity contribution in [1.82, 2.24) is 9.97 Å². The molecule has 26 heavy (non-hydrogen) atoms. The van der Waals surface area contributed by atoms with Gasteiger partial charge in [0.05, 0.1) is 18.7 Å². The molecule has 6 heteroatoms. The van der Waals surface area contributed by atoms with E-state index in [9.17, 15) is 0 Å². The van der Waals surface area contributed by atoms with Gasteiger partial charge in [0.1, 0.15) is 11.6 Å². The first-order valence-electron chi connectivity index (χ1n) is 8.24. The van der Waals surface area contributed by atoms with Gasteiger partial charge in [-0.3, -0.25) is 0 Å². The van der Waals surface area contributed by atoms with Crippen LogP contribution in [0.2, 0.25) is 0 Å². The molecule has 0 atom stereocenters. The number of hydrogen-bond donors (Lipinski definition) is 2. The van der Waals surface area contributed by atoms with Crippen LogP contribution >= 0.6 is 0 Å². The first kappa shape index (κ1) is 17.2. The molecule has 0 amide bonds. The van der Waals surface area contributed by atoms with E-state index in [2.05, 4.69) is 32.7 Å². The molecular formula is C20H19N5O. The van der Waals surface area contributed by atoms with Crippen molar-refractivity contribution < 1.29 is 4.74 Å². The predicted octanol–water partition coefficient (Wildman–Crippen LogP) is 3.76. The molecule has 6 nitrogen and oxygen atoms in total. The number of nitriles is 1. The van der Waals surface area contributed by atoms with E-state index in [4.69, 9.17) is 10.00 Å². The monoisotopic (exact) mass is 345 g/mol. The molecule has 3 rings (SSSR count).